The molecule has 0 aliphatic rings. The fourth-order valence-corrected chi connectivity index (χ4v) is 1.82. The van der Waals surface area contributed by atoms with E-state index in [-0.39, 0.29) is 0 Å². The van der Waals surface area contributed by atoms with E-state index in [1.807, 2.05) is 13.0 Å². The van der Waals surface area contributed by atoms with Gasteiger partial charge in [-0.3, -0.25) is 0 Å². The van der Waals surface area contributed by atoms with Gasteiger partial charge in [0.1, 0.15) is 12.4 Å². The normalized spacial score (nSPS) is 10.9. The van der Waals surface area contributed by atoms with E-state index < -0.39 is 0 Å². The lowest BCUT2D eigenvalue weighted by molar-refractivity contribution is 0.127. The summed E-state index contributed by atoms with van der Waals surface area (Å²) in [5.74, 6) is 2.80. The van der Waals surface area contributed by atoms with E-state index >= 15 is 0 Å². The predicted molar refractivity (Wildman–Crippen MR) is 85.7 cm³/mol. The Morgan fingerprint density at radius 1 is 1.24 bits per heavy atom. The topological polar surface area (TPSA) is 56.3 Å². The van der Waals surface area contributed by atoms with E-state index in [1.54, 1.807) is 0 Å². The zero-order valence-electron chi connectivity index (χ0n) is 13.8. The number of hydrogen-bond acceptors (Lipinski definition) is 5. The first-order valence-corrected chi connectivity index (χ1v) is 7.98. The van der Waals surface area contributed by atoms with Gasteiger partial charge in [0.25, 0.3) is 0 Å². The molecule has 0 bridgehead atoms. The summed E-state index contributed by atoms with van der Waals surface area (Å²) in [7, 11) is 0. The molecular weight excluding hydrogens is 266 g/mol. The molecule has 0 radical (unpaired) electrons. The number of anilines is 1. The molecule has 1 aromatic rings. The number of hydrogen-bond donors (Lipinski definition) is 1. The Bertz CT molecular complexity index is 371. The fraction of sp³-hybridized carbons (Fsp3) is 0.750. The van der Waals surface area contributed by atoms with Crippen molar-refractivity contribution in [2.24, 2.45) is 5.92 Å². The molecule has 0 atom stereocenters. The third-order valence-corrected chi connectivity index (χ3v) is 2.92. The van der Waals surface area contributed by atoms with Crippen LogP contribution in [-0.4, -0.2) is 29.7 Å². The van der Waals surface area contributed by atoms with Crippen LogP contribution in [0.25, 0.3) is 0 Å². The van der Waals surface area contributed by atoms with Crippen molar-refractivity contribution in [2.75, 3.05) is 25.1 Å². The number of nitrogens with zero attached hydrogens (tertiary/aromatic N) is 2. The number of aromatic nitrogens is 2. The van der Waals surface area contributed by atoms with Gasteiger partial charge in [0.05, 0.1) is 6.61 Å². The smallest absolute Gasteiger partial charge is 0.218 e. The molecule has 120 valence electrons. The maximum absolute atomic E-state index is 5.75. The SMILES string of the molecule is CCCNc1cc(OCCCC(C)C)nc(COCC)n1. The molecule has 0 aliphatic heterocycles. The van der Waals surface area contributed by atoms with Gasteiger partial charge in [0.2, 0.25) is 5.88 Å². The number of ether oxygens (including phenoxy) is 2. The van der Waals surface area contributed by atoms with Gasteiger partial charge >= 0.3 is 0 Å². The molecule has 5 nitrogen and oxygen atoms in total. The van der Waals surface area contributed by atoms with Crippen LogP contribution in [0.15, 0.2) is 6.07 Å². The minimum absolute atomic E-state index is 0.417. The Balaban J connectivity index is 2.61. The standard InChI is InChI=1S/C16H29N3O2/c1-5-9-17-14-11-16(21-10-7-8-13(3)4)19-15(18-14)12-20-6-2/h11,13H,5-10,12H2,1-4H3,(H,17,18,19). The summed E-state index contributed by atoms with van der Waals surface area (Å²) in [6.07, 6.45) is 3.26. The third-order valence-electron chi connectivity index (χ3n) is 2.92. The Morgan fingerprint density at radius 2 is 2.05 bits per heavy atom. The van der Waals surface area contributed by atoms with Gasteiger partial charge in [-0.25, -0.2) is 4.98 Å². The highest BCUT2D eigenvalue weighted by Crippen LogP contribution is 2.15. The maximum atomic E-state index is 5.75. The summed E-state index contributed by atoms with van der Waals surface area (Å²) in [4.78, 5) is 8.84. The summed E-state index contributed by atoms with van der Waals surface area (Å²) in [5.41, 5.74) is 0. The van der Waals surface area contributed by atoms with Gasteiger partial charge in [0, 0.05) is 19.2 Å². The van der Waals surface area contributed by atoms with Gasteiger partial charge in [0.15, 0.2) is 5.82 Å². The van der Waals surface area contributed by atoms with Gasteiger partial charge < -0.3 is 14.8 Å². The van der Waals surface area contributed by atoms with Crippen molar-refractivity contribution < 1.29 is 9.47 Å². The van der Waals surface area contributed by atoms with Crippen molar-refractivity contribution in [3.05, 3.63) is 11.9 Å². The van der Waals surface area contributed by atoms with Crippen LogP contribution in [0.3, 0.4) is 0 Å². The molecule has 5 heteroatoms. The van der Waals surface area contributed by atoms with Crippen LogP contribution >= 0.6 is 0 Å². The second-order valence-corrected chi connectivity index (χ2v) is 5.46. The van der Waals surface area contributed by atoms with E-state index in [4.69, 9.17) is 9.47 Å². The number of nitrogens with one attached hydrogen (secondary N) is 1. The average molecular weight is 295 g/mol. The van der Waals surface area contributed by atoms with E-state index in [1.165, 1.54) is 0 Å². The second kappa shape index (κ2) is 10.4. The summed E-state index contributed by atoms with van der Waals surface area (Å²) in [6, 6.07) is 1.86. The van der Waals surface area contributed by atoms with Crippen molar-refractivity contribution in [3.8, 4) is 5.88 Å². The van der Waals surface area contributed by atoms with Crippen LogP contribution in [0.5, 0.6) is 5.88 Å². The molecule has 0 amide bonds. The Morgan fingerprint density at radius 3 is 2.71 bits per heavy atom. The van der Waals surface area contributed by atoms with Gasteiger partial charge in [-0.15, -0.1) is 0 Å². The monoisotopic (exact) mass is 295 g/mol. The first kappa shape index (κ1) is 17.7. The average Bonchev–Trinajstić information content (AvgIpc) is 2.47. The molecule has 0 fully saturated rings. The lowest BCUT2D eigenvalue weighted by Crippen LogP contribution is -2.09. The summed E-state index contributed by atoms with van der Waals surface area (Å²) in [5, 5.41) is 3.27. The molecule has 0 spiro atoms. The van der Waals surface area contributed by atoms with Crippen molar-refractivity contribution in [1.82, 2.24) is 9.97 Å². The second-order valence-electron chi connectivity index (χ2n) is 5.46. The minimum atomic E-state index is 0.417. The van der Waals surface area contributed by atoms with Crippen LogP contribution in [0, 0.1) is 5.92 Å². The highest BCUT2D eigenvalue weighted by Gasteiger charge is 2.06. The van der Waals surface area contributed by atoms with E-state index in [9.17, 15) is 0 Å². The van der Waals surface area contributed by atoms with Crippen molar-refractivity contribution in [1.29, 1.82) is 0 Å². The molecule has 0 aliphatic carbocycles. The third kappa shape index (κ3) is 7.85. The summed E-state index contributed by atoms with van der Waals surface area (Å²) < 4.78 is 11.1. The number of rotatable bonds is 11. The van der Waals surface area contributed by atoms with Crippen LogP contribution in [0.2, 0.25) is 0 Å². The van der Waals surface area contributed by atoms with Crippen molar-refractivity contribution >= 4 is 5.82 Å². The Kier molecular flexibility index (Phi) is 8.74. The highest BCUT2D eigenvalue weighted by atomic mass is 16.5. The molecule has 0 aromatic carbocycles. The van der Waals surface area contributed by atoms with Crippen LogP contribution < -0.4 is 10.1 Å². The molecule has 21 heavy (non-hydrogen) atoms. The largest absolute Gasteiger partial charge is 0.478 e. The van der Waals surface area contributed by atoms with E-state index in [0.717, 1.165) is 31.6 Å². The zero-order chi connectivity index (χ0) is 15.5. The van der Waals surface area contributed by atoms with Crippen molar-refractivity contribution in [3.63, 3.8) is 0 Å². The van der Waals surface area contributed by atoms with Crippen LogP contribution in [0.4, 0.5) is 5.82 Å². The zero-order valence-corrected chi connectivity index (χ0v) is 13.8. The fourth-order valence-electron chi connectivity index (χ4n) is 1.82. The molecule has 1 N–H and O–H groups in total. The molecule has 1 heterocycles. The predicted octanol–water partition coefficient (Wildman–Crippen LogP) is 3.65. The molecule has 1 aromatic heterocycles. The summed E-state index contributed by atoms with van der Waals surface area (Å²) >= 11 is 0. The lowest BCUT2D eigenvalue weighted by Gasteiger charge is -2.11. The van der Waals surface area contributed by atoms with Gasteiger partial charge in [-0.05, 0) is 32.1 Å². The van der Waals surface area contributed by atoms with Crippen molar-refractivity contribution in [2.45, 2.75) is 53.6 Å². The molecule has 0 unspecified atom stereocenters. The maximum Gasteiger partial charge on any atom is 0.218 e. The van der Waals surface area contributed by atoms with Gasteiger partial charge in [-0.2, -0.15) is 4.98 Å². The quantitative estimate of drug-likeness (QED) is 0.631. The Hall–Kier alpha value is -1.36. The molecule has 0 saturated carbocycles. The lowest BCUT2D eigenvalue weighted by atomic mass is 10.1. The molecule has 1 rings (SSSR count). The van der Waals surface area contributed by atoms with E-state index in [0.29, 0.717) is 37.4 Å². The van der Waals surface area contributed by atoms with Gasteiger partial charge in [-0.1, -0.05) is 20.8 Å². The molecule has 0 saturated heterocycles. The highest BCUT2D eigenvalue weighted by molar-refractivity contribution is 5.38. The Labute approximate surface area is 128 Å². The first-order chi connectivity index (χ1) is 10.2. The van der Waals surface area contributed by atoms with Crippen LogP contribution in [-0.2, 0) is 11.3 Å². The van der Waals surface area contributed by atoms with Crippen LogP contribution in [0.1, 0.15) is 52.8 Å². The molecular formula is C16H29N3O2. The summed E-state index contributed by atoms with van der Waals surface area (Å²) in [6.45, 7) is 11.2. The van der Waals surface area contributed by atoms with E-state index in [2.05, 4.69) is 36.1 Å². The minimum Gasteiger partial charge on any atom is -0.478 e. The first-order valence-electron chi connectivity index (χ1n) is 7.98.